The van der Waals surface area contributed by atoms with Gasteiger partial charge in [0.05, 0.1) is 31.8 Å². The third-order valence-electron chi connectivity index (χ3n) is 9.10. The van der Waals surface area contributed by atoms with Gasteiger partial charge in [-0.15, -0.1) is 6.58 Å². The van der Waals surface area contributed by atoms with Gasteiger partial charge in [-0.3, -0.25) is 14.5 Å². The summed E-state index contributed by atoms with van der Waals surface area (Å²) in [6.07, 6.45) is 0.873. The van der Waals surface area contributed by atoms with Crippen molar-refractivity contribution in [2.24, 2.45) is 0 Å². The minimum Gasteiger partial charge on any atom is -0.445 e. The van der Waals surface area contributed by atoms with Crippen molar-refractivity contribution in [1.29, 1.82) is 0 Å². The maximum Gasteiger partial charge on any atom is 0.408 e. The maximum absolute atomic E-state index is 13.1. The van der Waals surface area contributed by atoms with E-state index in [4.69, 9.17) is 14.2 Å². The van der Waals surface area contributed by atoms with Crippen molar-refractivity contribution in [3.05, 3.63) is 144 Å². The minimum absolute atomic E-state index is 0.0118. The Kier molecular flexibility index (Phi) is 11.7. The van der Waals surface area contributed by atoms with Gasteiger partial charge in [-0.25, -0.2) is 4.79 Å². The fraction of sp³-hybridized carbons (Fsp3) is 0.293. The molecule has 2 saturated heterocycles. The SMILES string of the molecule is C=CCN(C)C[C@@H]1C[C@H](c2ccc(CO)cc2)O[C@H](c2ccc(-c3cccc(CN4C(=O)CC(NC(=O)OCc5ccccc5)C4=O)c3)cc2)O1. The Bertz CT molecular complexity index is 1810. The van der Waals surface area contributed by atoms with Crippen molar-refractivity contribution in [2.45, 2.75) is 57.1 Å². The number of aliphatic hydroxyl groups excluding tert-OH is 1. The van der Waals surface area contributed by atoms with Crippen molar-refractivity contribution < 1.29 is 33.7 Å². The number of likely N-dealkylation sites (N-methyl/N-ethyl adjacent to an activating group) is 1. The van der Waals surface area contributed by atoms with Crippen LogP contribution >= 0.6 is 0 Å². The number of hydrogen-bond acceptors (Lipinski definition) is 8. The van der Waals surface area contributed by atoms with Crippen LogP contribution in [0.4, 0.5) is 4.79 Å². The van der Waals surface area contributed by atoms with Gasteiger partial charge in [-0.05, 0) is 46.5 Å². The molecule has 3 amide bonds. The van der Waals surface area contributed by atoms with E-state index in [9.17, 15) is 19.5 Å². The smallest absolute Gasteiger partial charge is 0.408 e. The number of imide groups is 1. The molecule has 0 aliphatic carbocycles. The summed E-state index contributed by atoms with van der Waals surface area (Å²) in [7, 11) is 2.04. The summed E-state index contributed by atoms with van der Waals surface area (Å²) >= 11 is 0. The lowest BCUT2D eigenvalue weighted by atomic mass is 9.99. The molecule has 2 heterocycles. The summed E-state index contributed by atoms with van der Waals surface area (Å²) in [5, 5.41) is 12.0. The van der Waals surface area contributed by atoms with E-state index in [-0.39, 0.29) is 44.3 Å². The van der Waals surface area contributed by atoms with Crippen molar-refractivity contribution in [2.75, 3.05) is 20.1 Å². The summed E-state index contributed by atoms with van der Waals surface area (Å²) in [6, 6.07) is 31.8. The molecule has 264 valence electrons. The first-order valence-corrected chi connectivity index (χ1v) is 17.1. The highest BCUT2D eigenvalue weighted by Gasteiger charge is 2.40. The Labute approximate surface area is 298 Å². The summed E-state index contributed by atoms with van der Waals surface area (Å²) in [5.74, 6) is -0.817. The van der Waals surface area contributed by atoms with Gasteiger partial charge in [-0.2, -0.15) is 0 Å². The zero-order valence-electron chi connectivity index (χ0n) is 28.6. The second-order valence-corrected chi connectivity index (χ2v) is 13.0. The predicted octanol–water partition coefficient (Wildman–Crippen LogP) is 6.06. The van der Waals surface area contributed by atoms with Crippen LogP contribution in [0.2, 0.25) is 0 Å². The third-order valence-corrected chi connectivity index (χ3v) is 9.10. The number of carbonyl (C=O) groups excluding carboxylic acids is 3. The van der Waals surface area contributed by atoms with Gasteiger partial charge in [0, 0.05) is 25.1 Å². The molecule has 51 heavy (non-hydrogen) atoms. The zero-order chi connectivity index (χ0) is 35.7. The van der Waals surface area contributed by atoms with E-state index in [0.717, 1.165) is 52.0 Å². The van der Waals surface area contributed by atoms with E-state index in [1.807, 2.05) is 116 Å². The maximum atomic E-state index is 13.1. The van der Waals surface area contributed by atoms with Crippen LogP contribution in [0.15, 0.2) is 116 Å². The molecule has 2 fully saturated rings. The van der Waals surface area contributed by atoms with E-state index < -0.39 is 24.3 Å². The van der Waals surface area contributed by atoms with Crippen molar-refractivity contribution in [3.8, 4) is 11.1 Å². The first-order chi connectivity index (χ1) is 24.8. The number of ether oxygens (including phenoxy) is 3. The highest BCUT2D eigenvalue weighted by atomic mass is 16.7. The number of alkyl carbamates (subject to hydrolysis) is 1. The van der Waals surface area contributed by atoms with Gasteiger partial charge in [0.1, 0.15) is 12.6 Å². The van der Waals surface area contributed by atoms with E-state index in [0.29, 0.717) is 6.42 Å². The second-order valence-electron chi connectivity index (χ2n) is 13.0. The number of amides is 3. The highest BCUT2D eigenvalue weighted by molar-refractivity contribution is 6.06. The number of nitrogens with zero attached hydrogens (tertiary/aromatic N) is 2. The van der Waals surface area contributed by atoms with Crippen LogP contribution in [-0.2, 0) is 43.6 Å². The van der Waals surface area contributed by atoms with Crippen LogP contribution < -0.4 is 5.32 Å². The lowest BCUT2D eigenvalue weighted by molar-refractivity contribution is -0.252. The number of benzene rings is 4. The Balaban J connectivity index is 1.10. The van der Waals surface area contributed by atoms with Gasteiger partial charge < -0.3 is 29.5 Å². The molecule has 0 spiro atoms. The number of carbonyl (C=O) groups is 3. The Morgan fingerprint density at radius 2 is 1.65 bits per heavy atom. The third kappa shape index (κ3) is 9.16. The molecule has 6 rings (SSSR count). The molecule has 0 aromatic heterocycles. The molecule has 0 saturated carbocycles. The lowest BCUT2D eigenvalue weighted by Gasteiger charge is -2.37. The molecular weight excluding hydrogens is 646 g/mol. The fourth-order valence-corrected chi connectivity index (χ4v) is 6.41. The van der Waals surface area contributed by atoms with Crippen LogP contribution in [0, 0.1) is 0 Å². The standard InChI is InChI=1S/C41H43N3O7/c1-3-20-43(2)25-35-22-37(32-14-12-28(26-45)13-15-32)51-40(50-35)33-18-16-31(17-19-33)34-11-7-10-30(21-34)24-44-38(46)23-36(39(44)47)42-41(48)49-27-29-8-5-4-6-9-29/h3-19,21,35-37,40,45H,1,20,22-27H2,2H3,(H,42,48)/t35-,36?,37+,40+/m0/s1. The van der Waals surface area contributed by atoms with E-state index in [1.165, 1.54) is 4.90 Å². The van der Waals surface area contributed by atoms with E-state index in [2.05, 4.69) is 16.8 Å². The summed E-state index contributed by atoms with van der Waals surface area (Å²) in [6.45, 7) is 5.46. The number of aliphatic hydroxyl groups is 1. The zero-order valence-corrected chi connectivity index (χ0v) is 28.6. The molecule has 0 radical (unpaired) electrons. The minimum atomic E-state index is -0.970. The average molecular weight is 690 g/mol. The van der Waals surface area contributed by atoms with Gasteiger partial charge >= 0.3 is 6.09 Å². The molecule has 2 aliphatic heterocycles. The van der Waals surface area contributed by atoms with Crippen LogP contribution in [0.1, 0.15) is 53.1 Å². The van der Waals surface area contributed by atoms with Gasteiger partial charge in [0.25, 0.3) is 5.91 Å². The first-order valence-electron chi connectivity index (χ1n) is 17.1. The number of likely N-dealkylation sites (tertiary alicyclic amines) is 1. The Morgan fingerprint density at radius 1 is 0.922 bits per heavy atom. The molecule has 2 N–H and O–H groups in total. The molecular formula is C41H43N3O7. The number of rotatable bonds is 13. The van der Waals surface area contributed by atoms with Gasteiger partial charge in [0.2, 0.25) is 5.91 Å². The van der Waals surface area contributed by atoms with Crippen molar-refractivity contribution >= 4 is 17.9 Å². The quantitative estimate of drug-likeness (QED) is 0.129. The van der Waals surface area contributed by atoms with E-state index in [1.54, 1.807) is 0 Å². The second kappa shape index (κ2) is 16.7. The highest BCUT2D eigenvalue weighted by Crippen LogP contribution is 2.38. The Morgan fingerprint density at radius 3 is 2.37 bits per heavy atom. The first kappa shape index (κ1) is 35.7. The predicted molar refractivity (Wildman–Crippen MR) is 192 cm³/mol. The van der Waals surface area contributed by atoms with E-state index >= 15 is 0 Å². The normalized spacial score (nSPS) is 20.4. The van der Waals surface area contributed by atoms with Gasteiger partial charge in [-0.1, -0.05) is 103 Å². The molecule has 1 unspecified atom stereocenters. The van der Waals surface area contributed by atoms with Crippen molar-refractivity contribution in [3.63, 3.8) is 0 Å². The molecule has 10 nitrogen and oxygen atoms in total. The van der Waals surface area contributed by atoms with Gasteiger partial charge in [0.15, 0.2) is 6.29 Å². The summed E-state index contributed by atoms with van der Waals surface area (Å²) in [4.78, 5) is 41.7. The molecule has 0 bridgehead atoms. The monoisotopic (exact) mass is 689 g/mol. The molecule has 4 atom stereocenters. The Hall–Kier alpha value is -5.13. The number of hydrogen-bond donors (Lipinski definition) is 2. The lowest BCUT2D eigenvalue weighted by Crippen LogP contribution is -2.41. The fourth-order valence-electron chi connectivity index (χ4n) is 6.41. The van der Waals surface area contributed by atoms with Crippen LogP contribution in [0.5, 0.6) is 0 Å². The topological polar surface area (TPSA) is 118 Å². The van der Waals surface area contributed by atoms with Crippen molar-refractivity contribution in [1.82, 2.24) is 15.1 Å². The molecule has 10 heteroatoms. The van der Waals surface area contributed by atoms with Crippen LogP contribution in [0.25, 0.3) is 11.1 Å². The summed E-state index contributed by atoms with van der Waals surface area (Å²) in [5.41, 5.74) is 6.25. The van der Waals surface area contributed by atoms with Crippen LogP contribution in [-0.4, -0.2) is 65.1 Å². The summed E-state index contributed by atoms with van der Waals surface area (Å²) < 4.78 is 18.2. The molecule has 2 aliphatic rings. The number of nitrogens with one attached hydrogen (secondary N) is 1. The largest absolute Gasteiger partial charge is 0.445 e. The molecule has 4 aromatic rings. The van der Waals surface area contributed by atoms with Crippen LogP contribution in [0.3, 0.4) is 0 Å². The molecule has 4 aromatic carbocycles. The average Bonchev–Trinajstić information content (AvgIpc) is 3.41.